The Balaban J connectivity index is 2.13. The molecular weight excluding hydrogens is 270 g/mol. The van der Waals surface area contributed by atoms with E-state index in [1.54, 1.807) is 0 Å². The molecule has 1 N–H and O–H groups in total. The minimum Gasteiger partial charge on any atom is -0.308 e. The molecule has 1 aromatic rings. The summed E-state index contributed by atoms with van der Waals surface area (Å²) in [5.41, 5.74) is 1.39. The summed E-state index contributed by atoms with van der Waals surface area (Å²) in [5, 5.41) is 4.99. The molecular formula is C12H16BrNS. The van der Waals surface area contributed by atoms with Crippen LogP contribution in [-0.2, 0) is 0 Å². The van der Waals surface area contributed by atoms with Gasteiger partial charge in [-0.05, 0) is 17.7 Å². The van der Waals surface area contributed by atoms with E-state index in [1.807, 2.05) is 0 Å². The zero-order valence-electron chi connectivity index (χ0n) is 9.03. The average molecular weight is 286 g/mol. The van der Waals surface area contributed by atoms with Crippen molar-refractivity contribution >= 4 is 27.7 Å². The highest BCUT2D eigenvalue weighted by molar-refractivity contribution is 9.10. The van der Waals surface area contributed by atoms with E-state index in [-0.39, 0.29) is 0 Å². The number of halogens is 1. The molecule has 1 saturated heterocycles. The van der Waals surface area contributed by atoms with Crippen LogP contribution in [-0.4, -0.2) is 17.0 Å². The first kappa shape index (κ1) is 11.5. The number of hydrogen-bond donors (Lipinski definition) is 1. The minimum atomic E-state index is 0.499. The molecule has 1 aliphatic heterocycles. The van der Waals surface area contributed by atoms with Gasteiger partial charge in [-0.25, -0.2) is 0 Å². The van der Waals surface area contributed by atoms with Crippen LogP contribution in [0.15, 0.2) is 28.7 Å². The standard InChI is InChI=1S/C12H16BrNS/c1-8-7-14-12(9(2)15-8)10-3-5-11(13)6-4-10/h3-6,8-9,12,14H,7H2,1-2H3. The summed E-state index contributed by atoms with van der Waals surface area (Å²) in [5.74, 6) is 0. The third kappa shape index (κ3) is 2.77. The first-order valence-electron chi connectivity index (χ1n) is 5.31. The molecule has 0 saturated carbocycles. The van der Waals surface area contributed by atoms with Crippen LogP contribution >= 0.6 is 27.7 Å². The van der Waals surface area contributed by atoms with Gasteiger partial charge in [-0.2, -0.15) is 11.8 Å². The molecule has 3 unspecified atom stereocenters. The van der Waals surface area contributed by atoms with Gasteiger partial charge in [0.05, 0.1) is 0 Å². The molecule has 1 fully saturated rings. The number of thioether (sulfide) groups is 1. The Morgan fingerprint density at radius 2 is 1.93 bits per heavy atom. The summed E-state index contributed by atoms with van der Waals surface area (Å²) in [6, 6.07) is 9.14. The van der Waals surface area contributed by atoms with Gasteiger partial charge in [0.2, 0.25) is 0 Å². The summed E-state index contributed by atoms with van der Waals surface area (Å²) < 4.78 is 1.15. The Morgan fingerprint density at radius 1 is 1.27 bits per heavy atom. The topological polar surface area (TPSA) is 12.0 Å². The molecule has 3 atom stereocenters. The van der Waals surface area contributed by atoms with Crippen molar-refractivity contribution in [1.29, 1.82) is 0 Å². The van der Waals surface area contributed by atoms with Crippen LogP contribution < -0.4 is 5.32 Å². The average Bonchev–Trinajstić information content (AvgIpc) is 2.20. The second-order valence-corrected chi connectivity index (χ2v) is 6.83. The van der Waals surface area contributed by atoms with Crippen molar-refractivity contribution in [3.05, 3.63) is 34.3 Å². The Labute approximate surface area is 104 Å². The molecule has 1 heterocycles. The van der Waals surface area contributed by atoms with Crippen molar-refractivity contribution in [3.63, 3.8) is 0 Å². The lowest BCUT2D eigenvalue weighted by molar-refractivity contribution is 0.510. The van der Waals surface area contributed by atoms with Gasteiger partial charge in [0, 0.05) is 27.6 Å². The molecule has 0 bridgehead atoms. The Bertz CT molecular complexity index is 325. The number of nitrogens with one attached hydrogen (secondary N) is 1. The molecule has 0 amide bonds. The van der Waals surface area contributed by atoms with Gasteiger partial charge < -0.3 is 5.32 Å². The summed E-state index contributed by atoms with van der Waals surface area (Å²) in [6.07, 6.45) is 0. The van der Waals surface area contributed by atoms with E-state index in [2.05, 4.69) is 71.1 Å². The molecule has 1 aromatic carbocycles. The second kappa shape index (κ2) is 4.89. The largest absolute Gasteiger partial charge is 0.308 e. The van der Waals surface area contributed by atoms with E-state index >= 15 is 0 Å². The van der Waals surface area contributed by atoms with E-state index in [4.69, 9.17) is 0 Å². The Kier molecular flexibility index (Phi) is 3.75. The first-order chi connectivity index (χ1) is 7.16. The highest BCUT2D eigenvalue weighted by Gasteiger charge is 2.26. The van der Waals surface area contributed by atoms with E-state index in [0.29, 0.717) is 11.3 Å². The van der Waals surface area contributed by atoms with Gasteiger partial charge in [0.1, 0.15) is 0 Å². The summed E-state index contributed by atoms with van der Waals surface area (Å²) in [4.78, 5) is 0. The fourth-order valence-electron chi connectivity index (χ4n) is 2.01. The van der Waals surface area contributed by atoms with Crippen molar-refractivity contribution in [2.45, 2.75) is 30.4 Å². The van der Waals surface area contributed by atoms with E-state index < -0.39 is 0 Å². The lowest BCUT2D eigenvalue weighted by Crippen LogP contribution is -2.39. The Morgan fingerprint density at radius 3 is 2.53 bits per heavy atom. The van der Waals surface area contributed by atoms with Crippen molar-refractivity contribution in [3.8, 4) is 0 Å². The van der Waals surface area contributed by atoms with Crippen LogP contribution in [0.5, 0.6) is 0 Å². The first-order valence-corrected chi connectivity index (χ1v) is 7.04. The molecule has 0 aromatic heterocycles. The summed E-state index contributed by atoms with van der Waals surface area (Å²) in [7, 11) is 0. The second-order valence-electron chi connectivity index (χ2n) is 4.09. The van der Waals surface area contributed by atoms with Crippen LogP contribution in [0.1, 0.15) is 25.5 Å². The molecule has 82 valence electrons. The molecule has 15 heavy (non-hydrogen) atoms. The summed E-state index contributed by atoms with van der Waals surface area (Å²) >= 11 is 5.54. The quantitative estimate of drug-likeness (QED) is 0.846. The van der Waals surface area contributed by atoms with E-state index in [9.17, 15) is 0 Å². The van der Waals surface area contributed by atoms with Gasteiger partial charge in [0.25, 0.3) is 0 Å². The highest BCUT2D eigenvalue weighted by Crippen LogP contribution is 2.33. The van der Waals surface area contributed by atoms with Gasteiger partial charge >= 0.3 is 0 Å². The van der Waals surface area contributed by atoms with Crippen molar-refractivity contribution < 1.29 is 0 Å². The van der Waals surface area contributed by atoms with Crippen molar-refractivity contribution in [1.82, 2.24) is 5.32 Å². The molecule has 1 nitrogen and oxygen atoms in total. The van der Waals surface area contributed by atoms with Gasteiger partial charge in [-0.1, -0.05) is 41.9 Å². The van der Waals surface area contributed by atoms with Crippen molar-refractivity contribution in [2.24, 2.45) is 0 Å². The normalized spacial score (nSPS) is 31.5. The van der Waals surface area contributed by atoms with Gasteiger partial charge in [0.15, 0.2) is 0 Å². The molecule has 2 rings (SSSR count). The lowest BCUT2D eigenvalue weighted by Gasteiger charge is -2.33. The molecule has 1 aliphatic rings. The SMILES string of the molecule is CC1CNC(c2ccc(Br)cc2)C(C)S1. The maximum absolute atomic E-state index is 3.62. The molecule has 0 aliphatic carbocycles. The summed E-state index contributed by atoms with van der Waals surface area (Å²) in [6.45, 7) is 5.70. The predicted molar refractivity (Wildman–Crippen MR) is 71.4 cm³/mol. The zero-order chi connectivity index (χ0) is 10.8. The third-order valence-corrected chi connectivity index (χ3v) is 4.63. The fourth-order valence-corrected chi connectivity index (χ4v) is 3.61. The Hall–Kier alpha value is 0.01000. The van der Waals surface area contributed by atoms with Crippen LogP contribution in [0.2, 0.25) is 0 Å². The maximum Gasteiger partial charge on any atom is 0.0438 e. The van der Waals surface area contributed by atoms with Crippen LogP contribution in [0.25, 0.3) is 0 Å². The monoisotopic (exact) mass is 285 g/mol. The molecule has 3 heteroatoms. The smallest absolute Gasteiger partial charge is 0.0438 e. The highest BCUT2D eigenvalue weighted by atomic mass is 79.9. The lowest BCUT2D eigenvalue weighted by atomic mass is 10.0. The minimum absolute atomic E-state index is 0.499. The van der Waals surface area contributed by atoms with E-state index in [0.717, 1.165) is 16.3 Å². The van der Waals surface area contributed by atoms with Crippen molar-refractivity contribution in [2.75, 3.05) is 6.54 Å². The number of rotatable bonds is 1. The van der Waals surface area contributed by atoms with Crippen LogP contribution in [0.4, 0.5) is 0 Å². The fraction of sp³-hybridized carbons (Fsp3) is 0.500. The molecule has 0 spiro atoms. The predicted octanol–water partition coefficient (Wildman–Crippen LogP) is 3.60. The van der Waals surface area contributed by atoms with Crippen LogP contribution in [0.3, 0.4) is 0 Å². The third-order valence-electron chi connectivity index (χ3n) is 2.77. The zero-order valence-corrected chi connectivity index (χ0v) is 11.4. The van der Waals surface area contributed by atoms with Gasteiger partial charge in [-0.3, -0.25) is 0 Å². The van der Waals surface area contributed by atoms with Crippen LogP contribution in [0, 0.1) is 0 Å². The maximum atomic E-state index is 3.62. The number of benzene rings is 1. The van der Waals surface area contributed by atoms with E-state index in [1.165, 1.54) is 5.56 Å². The van der Waals surface area contributed by atoms with Gasteiger partial charge in [-0.15, -0.1) is 0 Å². The molecule has 0 radical (unpaired) electrons. The number of hydrogen-bond acceptors (Lipinski definition) is 2.